The first-order chi connectivity index (χ1) is 17.1. The van der Waals surface area contributed by atoms with E-state index in [1.54, 1.807) is 19.9 Å². The molecule has 1 fully saturated rings. The highest BCUT2D eigenvalue weighted by Gasteiger charge is 2.56. The molecule has 1 saturated heterocycles. The molecule has 5 heterocycles. The number of hydrogen-bond donors (Lipinski definition) is 1. The number of ketones is 1. The summed E-state index contributed by atoms with van der Waals surface area (Å²) in [5.41, 5.74) is 0.747. The van der Waals surface area contributed by atoms with Gasteiger partial charge in [0.25, 0.3) is 5.56 Å². The number of sulfone groups is 1. The van der Waals surface area contributed by atoms with Gasteiger partial charge in [-0.1, -0.05) is 0 Å². The number of carbonyl (C=O) groups is 2. The summed E-state index contributed by atoms with van der Waals surface area (Å²) in [5, 5.41) is 3.99. The number of Topliss-reactive ketones (excluding diaryl/α,β-unsaturated/α-hetero) is 1. The average molecular weight is 529 g/mol. The number of nitrogens with one attached hydrogen (secondary N) is 1. The summed E-state index contributed by atoms with van der Waals surface area (Å²) in [4.78, 5) is 49.2. The molecule has 3 aromatic heterocycles. The number of aromatic nitrogens is 3. The number of rotatable bonds is 4. The third kappa shape index (κ3) is 3.41. The molecule has 0 radical (unpaired) electrons. The van der Waals surface area contributed by atoms with Crippen molar-refractivity contribution < 1.29 is 22.7 Å². The van der Waals surface area contributed by atoms with Crippen molar-refractivity contribution in [2.24, 2.45) is 5.92 Å². The summed E-state index contributed by atoms with van der Waals surface area (Å²) in [5.74, 6) is -0.528. The van der Waals surface area contributed by atoms with E-state index in [-0.39, 0.29) is 47.0 Å². The summed E-state index contributed by atoms with van der Waals surface area (Å²) in [6, 6.07) is 1.63. The second-order valence-corrected chi connectivity index (χ2v) is 13.0. The van der Waals surface area contributed by atoms with Crippen LogP contribution in [0.3, 0.4) is 0 Å². The molecule has 3 aliphatic rings. The van der Waals surface area contributed by atoms with Crippen molar-refractivity contribution in [1.29, 1.82) is 0 Å². The molecule has 6 rings (SSSR count). The molecule has 188 valence electrons. The first-order valence-corrected chi connectivity index (χ1v) is 14.5. The van der Waals surface area contributed by atoms with Gasteiger partial charge in [-0.05, 0) is 50.3 Å². The summed E-state index contributed by atoms with van der Waals surface area (Å²) in [6.07, 6.45) is 3.35. The molecule has 36 heavy (non-hydrogen) atoms. The lowest BCUT2D eigenvalue weighted by molar-refractivity contribution is -0.148. The molecule has 0 unspecified atom stereocenters. The van der Waals surface area contributed by atoms with E-state index >= 15 is 0 Å². The number of esters is 1. The van der Waals surface area contributed by atoms with Crippen LogP contribution in [0.5, 0.6) is 0 Å². The van der Waals surface area contributed by atoms with Crippen LogP contribution in [-0.4, -0.2) is 52.8 Å². The van der Waals surface area contributed by atoms with Crippen LogP contribution in [0.1, 0.15) is 46.3 Å². The Balaban J connectivity index is 1.41. The third-order valence-electron chi connectivity index (χ3n) is 7.32. The van der Waals surface area contributed by atoms with Gasteiger partial charge in [-0.15, -0.1) is 11.3 Å². The van der Waals surface area contributed by atoms with Crippen molar-refractivity contribution in [3.05, 3.63) is 44.4 Å². The molecule has 0 amide bonds. The quantitative estimate of drug-likeness (QED) is 0.506. The zero-order valence-corrected chi connectivity index (χ0v) is 21.4. The molecule has 1 aliphatic carbocycles. The van der Waals surface area contributed by atoms with Crippen LogP contribution in [-0.2, 0) is 37.7 Å². The van der Waals surface area contributed by atoms with Crippen LogP contribution < -0.4 is 10.9 Å². The molecule has 10 nitrogen and oxygen atoms in total. The van der Waals surface area contributed by atoms with Gasteiger partial charge in [-0.25, -0.2) is 18.4 Å². The van der Waals surface area contributed by atoms with Crippen LogP contribution in [0.25, 0.3) is 10.2 Å². The molecule has 0 saturated carbocycles. The van der Waals surface area contributed by atoms with Crippen molar-refractivity contribution in [1.82, 2.24) is 14.5 Å². The fourth-order valence-corrected chi connectivity index (χ4v) is 9.18. The molecule has 3 aromatic rings. The zero-order chi connectivity index (χ0) is 25.4. The molecule has 1 spiro atoms. The van der Waals surface area contributed by atoms with Gasteiger partial charge < -0.3 is 10.1 Å². The van der Waals surface area contributed by atoms with Crippen molar-refractivity contribution in [2.45, 2.75) is 45.1 Å². The van der Waals surface area contributed by atoms with Gasteiger partial charge in [0.1, 0.15) is 22.7 Å². The number of carbonyl (C=O) groups excluding carboxylic acids is 2. The molecule has 12 heteroatoms. The number of anilines is 2. The number of nitrogens with zero attached hydrogens (tertiary/aromatic N) is 3. The topological polar surface area (TPSA) is 137 Å². The van der Waals surface area contributed by atoms with Crippen molar-refractivity contribution in [2.75, 3.05) is 23.4 Å². The predicted molar refractivity (Wildman–Crippen MR) is 134 cm³/mol. The minimum Gasteiger partial charge on any atom is -0.466 e. The van der Waals surface area contributed by atoms with E-state index in [1.807, 2.05) is 0 Å². The normalized spacial score (nSPS) is 21.2. The van der Waals surface area contributed by atoms with Crippen molar-refractivity contribution >= 4 is 54.6 Å². The number of aryl methyl sites for hydroxylation is 2. The highest BCUT2D eigenvalue weighted by Crippen LogP contribution is 2.43. The zero-order valence-electron chi connectivity index (χ0n) is 19.8. The maximum atomic E-state index is 13.6. The Morgan fingerprint density at radius 3 is 2.81 bits per heavy atom. The maximum absolute atomic E-state index is 13.6. The standard InChI is InChI=1S/C24H24N4O6S2/c1-3-34-23(31)13-4-5-14-17(7-13)35-21-18(14)20(25-11-26-21)27-15-6-12(2)19-16(29)8-24(28(19)22(15)30)9-36(32,33)10-24/h6,11,13H,3-5,7-10H2,1-2H3,(H,25,26,27)/t13-/m0/s1. The lowest BCUT2D eigenvalue weighted by Gasteiger charge is -2.38. The van der Waals surface area contributed by atoms with Crippen molar-refractivity contribution in [3.8, 4) is 0 Å². The van der Waals surface area contributed by atoms with E-state index in [0.29, 0.717) is 37.3 Å². The van der Waals surface area contributed by atoms with E-state index in [1.165, 1.54) is 22.2 Å². The molecule has 1 N–H and O–H groups in total. The van der Waals surface area contributed by atoms with Gasteiger partial charge in [-0.3, -0.25) is 19.0 Å². The van der Waals surface area contributed by atoms with E-state index < -0.39 is 20.9 Å². The smallest absolute Gasteiger partial charge is 0.309 e. The molecule has 1 atom stereocenters. The largest absolute Gasteiger partial charge is 0.466 e. The molecule has 2 aliphatic heterocycles. The fourth-order valence-electron chi connectivity index (χ4n) is 5.89. The fraction of sp³-hybridized carbons (Fsp3) is 0.458. The van der Waals surface area contributed by atoms with E-state index in [9.17, 15) is 22.8 Å². The Labute approximate surface area is 210 Å². The highest BCUT2D eigenvalue weighted by molar-refractivity contribution is 7.92. The Hall–Kier alpha value is -3.12. The van der Waals surface area contributed by atoms with Crippen LogP contribution >= 0.6 is 11.3 Å². The lowest BCUT2D eigenvalue weighted by Crippen LogP contribution is -2.57. The van der Waals surface area contributed by atoms with Gasteiger partial charge >= 0.3 is 5.97 Å². The summed E-state index contributed by atoms with van der Waals surface area (Å²) in [6.45, 7) is 3.89. The minimum atomic E-state index is -3.27. The van der Waals surface area contributed by atoms with Crippen LogP contribution in [0, 0.1) is 12.8 Å². The van der Waals surface area contributed by atoms with Gasteiger partial charge in [0.2, 0.25) is 0 Å². The van der Waals surface area contributed by atoms with Crippen LogP contribution in [0.2, 0.25) is 0 Å². The predicted octanol–water partition coefficient (Wildman–Crippen LogP) is 2.28. The average Bonchev–Trinajstić information content (AvgIpc) is 3.32. The second kappa shape index (κ2) is 7.94. The first kappa shape index (κ1) is 23.3. The minimum absolute atomic E-state index is 0.0171. The van der Waals surface area contributed by atoms with Gasteiger partial charge in [-0.2, -0.15) is 0 Å². The highest BCUT2D eigenvalue weighted by atomic mass is 32.2. The number of pyridine rings is 1. The number of hydrogen-bond acceptors (Lipinski definition) is 10. The van der Waals surface area contributed by atoms with E-state index in [4.69, 9.17) is 4.74 Å². The van der Waals surface area contributed by atoms with Crippen LogP contribution in [0.4, 0.5) is 11.5 Å². The van der Waals surface area contributed by atoms with Gasteiger partial charge in [0.05, 0.1) is 40.6 Å². The van der Waals surface area contributed by atoms with Gasteiger partial charge in [0, 0.05) is 11.3 Å². The molecular formula is C24H24N4O6S2. The first-order valence-electron chi connectivity index (χ1n) is 11.8. The summed E-state index contributed by atoms with van der Waals surface area (Å²) in [7, 11) is -3.27. The maximum Gasteiger partial charge on any atom is 0.309 e. The third-order valence-corrected chi connectivity index (χ3v) is 10.4. The number of fused-ring (bicyclic) bond motifs is 5. The lowest BCUT2D eigenvalue weighted by atomic mass is 9.88. The SMILES string of the molecule is CCOC(=O)[C@H]1CCc2c(sc3ncnc(Nc4cc(C)c5n(c4=O)C4(CC5=O)CS(=O)(=O)C4)c23)C1. The number of ether oxygens (including phenoxy) is 1. The van der Waals surface area contributed by atoms with Crippen LogP contribution in [0.15, 0.2) is 17.2 Å². The second-order valence-electron chi connectivity index (χ2n) is 9.81. The Kier molecular flexibility index (Phi) is 5.14. The summed E-state index contributed by atoms with van der Waals surface area (Å²) < 4.78 is 30.6. The van der Waals surface area contributed by atoms with E-state index in [2.05, 4.69) is 15.3 Å². The Morgan fingerprint density at radius 2 is 2.08 bits per heavy atom. The molecule has 0 bridgehead atoms. The van der Waals surface area contributed by atoms with Gasteiger partial charge in [0.15, 0.2) is 15.6 Å². The number of thiophene rings is 1. The molecular weight excluding hydrogens is 504 g/mol. The Bertz CT molecular complexity index is 1630. The Morgan fingerprint density at radius 1 is 1.31 bits per heavy atom. The summed E-state index contributed by atoms with van der Waals surface area (Å²) >= 11 is 1.51. The van der Waals surface area contributed by atoms with Crippen molar-refractivity contribution in [3.63, 3.8) is 0 Å². The molecule has 0 aromatic carbocycles. The van der Waals surface area contributed by atoms with E-state index in [0.717, 1.165) is 20.7 Å². The monoisotopic (exact) mass is 528 g/mol.